The predicted molar refractivity (Wildman–Crippen MR) is 108 cm³/mol. The van der Waals surface area contributed by atoms with E-state index in [9.17, 15) is 4.79 Å². The molecule has 0 fully saturated rings. The third-order valence-corrected chi connectivity index (χ3v) is 2.86. The van der Waals surface area contributed by atoms with Gasteiger partial charge in [0, 0.05) is 31.9 Å². The van der Waals surface area contributed by atoms with Gasteiger partial charge in [0.1, 0.15) is 0 Å². The quantitative estimate of drug-likeness (QED) is 0.317. The summed E-state index contributed by atoms with van der Waals surface area (Å²) in [5.41, 5.74) is 1.89. The molecule has 0 bridgehead atoms. The molecule has 0 saturated carbocycles. The summed E-state index contributed by atoms with van der Waals surface area (Å²) in [6.45, 7) is 7.54. The van der Waals surface area contributed by atoms with Crippen LogP contribution in [0.3, 0.4) is 0 Å². The van der Waals surface area contributed by atoms with Crippen molar-refractivity contribution in [1.82, 2.24) is 16.0 Å². The Morgan fingerprint density at radius 2 is 1.83 bits per heavy atom. The summed E-state index contributed by atoms with van der Waals surface area (Å²) in [7, 11) is 1.76. The lowest BCUT2D eigenvalue weighted by Gasteiger charge is -2.12. The number of nitrogens with zero attached hydrogens (tertiary/aromatic N) is 1. The molecule has 0 saturated heterocycles. The lowest BCUT2D eigenvalue weighted by atomic mass is 10.2. The van der Waals surface area contributed by atoms with Crippen LogP contribution in [-0.4, -0.2) is 31.6 Å². The molecule has 1 rings (SSSR count). The molecule has 0 spiro atoms. The molecule has 0 aliphatic heterocycles. The van der Waals surface area contributed by atoms with Crippen LogP contribution in [0.25, 0.3) is 0 Å². The van der Waals surface area contributed by atoms with E-state index in [1.165, 1.54) is 0 Å². The van der Waals surface area contributed by atoms with E-state index >= 15 is 0 Å². The number of guanidine groups is 1. The van der Waals surface area contributed by atoms with E-state index in [1.807, 2.05) is 38.1 Å². The molecule has 2 amide bonds. The molecular formula is C16H28IN5O. The van der Waals surface area contributed by atoms with Gasteiger partial charge in [-0.3, -0.25) is 4.99 Å². The summed E-state index contributed by atoms with van der Waals surface area (Å²) in [6.07, 6.45) is 1.06. The topological polar surface area (TPSA) is 77.6 Å². The molecule has 1 aromatic rings. The van der Waals surface area contributed by atoms with Crippen LogP contribution in [0.2, 0.25) is 0 Å². The van der Waals surface area contributed by atoms with Crippen LogP contribution in [-0.2, 0) is 6.54 Å². The minimum atomic E-state index is -0.190. The third-order valence-electron chi connectivity index (χ3n) is 2.86. The van der Waals surface area contributed by atoms with Crippen LogP contribution in [0, 0.1) is 0 Å². The van der Waals surface area contributed by atoms with Crippen LogP contribution in [0.5, 0.6) is 0 Å². The highest BCUT2D eigenvalue weighted by atomic mass is 127. The standard InChI is InChI=1S/C16H27N5O.HI/c1-5-10-18-15(17-4)19-11-13-6-8-14(9-7-13)21-16(22)20-12(2)3;/h6-9,12H,5,10-11H2,1-4H3,(H2,17,18,19)(H2,20,21,22);1H. The summed E-state index contributed by atoms with van der Waals surface area (Å²) in [5, 5.41) is 12.0. The van der Waals surface area contributed by atoms with Gasteiger partial charge in [-0.05, 0) is 38.0 Å². The van der Waals surface area contributed by atoms with Crippen LogP contribution in [0.4, 0.5) is 10.5 Å². The Labute approximate surface area is 155 Å². The minimum absolute atomic E-state index is 0. The van der Waals surface area contributed by atoms with E-state index in [0.717, 1.165) is 30.2 Å². The van der Waals surface area contributed by atoms with Crippen molar-refractivity contribution in [3.8, 4) is 0 Å². The highest BCUT2D eigenvalue weighted by Gasteiger charge is 2.03. The number of carbonyl (C=O) groups is 1. The number of hydrogen-bond acceptors (Lipinski definition) is 2. The van der Waals surface area contributed by atoms with E-state index in [1.54, 1.807) is 7.05 Å². The molecule has 0 unspecified atom stereocenters. The van der Waals surface area contributed by atoms with Crippen LogP contribution in [0.1, 0.15) is 32.8 Å². The van der Waals surface area contributed by atoms with Gasteiger partial charge in [-0.15, -0.1) is 24.0 Å². The molecule has 7 heteroatoms. The van der Waals surface area contributed by atoms with Crippen molar-refractivity contribution in [2.45, 2.75) is 39.8 Å². The van der Waals surface area contributed by atoms with Crippen LogP contribution < -0.4 is 21.3 Å². The summed E-state index contributed by atoms with van der Waals surface area (Å²) in [4.78, 5) is 15.8. The van der Waals surface area contributed by atoms with Crippen molar-refractivity contribution in [3.63, 3.8) is 0 Å². The van der Waals surface area contributed by atoms with Crippen molar-refractivity contribution in [2.24, 2.45) is 4.99 Å². The first-order valence-electron chi connectivity index (χ1n) is 7.66. The molecular weight excluding hydrogens is 405 g/mol. The number of hydrogen-bond donors (Lipinski definition) is 4. The van der Waals surface area contributed by atoms with Crippen LogP contribution >= 0.6 is 24.0 Å². The number of carbonyl (C=O) groups excluding carboxylic acids is 1. The maximum Gasteiger partial charge on any atom is 0.319 e. The lowest BCUT2D eigenvalue weighted by Crippen LogP contribution is -2.37. The van der Waals surface area contributed by atoms with E-state index in [0.29, 0.717) is 6.54 Å². The van der Waals surface area contributed by atoms with E-state index in [2.05, 4.69) is 33.2 Å². The number of halogens is 1. The Hall–Kier alpha value is -1.51. The molecule has 0 aliphatic rings. The number of aliphatic imine (C=N–C) groups is 1. The molecule has 4 N–H and O–H groups in total. The second-order valence-corrected chi connectivity index (χ2v) is 5.30. The average Bonchev–Trinajstić information content (AvgIpc) is 2.48. The number of urea groups is 1. The maximum absolute atomic E-state index is 11.6. The first kappa shape index (κ1) is 21.5. The van der Waals surface area contributed by atoms with Gasteiger partial charge in [0.2, 0.25) is 0 Å². The Morgan fingerprint density at radius 1 is 1.17 bits per heavy atom. The zero-order valence-corrected chi connectivity index (χ0v) is 16.6. The van der Waals surface area contributed by atoms with Gasteiger partial charge in [0.25, 0.3) is 0 Å². The van der Waals surface area contributed by atoms with Crippen molar-refractivity contribution >= 4 is 41.7 Å². The van der Waals surface area contributed by atoms with Gasteiger partial charge in [0.05, 0.1) is 0 Å². The minimum Gasteiger partial charge on any atom is -0.356 e. The molecule has 0 atom stereocenters. The second-order valence-electron chi connectivity index (χ2n) is 5.30. The number of nitrogens with one attached hydrogen (secondary N) is 4. The first-order chi connectivity index (χ1) is 10.5. The summed E-state index contributed by atoms with van der Waals surface area (Å²) in [5.74, 6) is 0.792. The fourth-order valence-corrected chi connectivity index (χ4v) is 1.79. The summed E-state index contributed by atoms with van der Waals surface area (Å²) >= 11 is 0. The molecule has 0 radical (unpaired) electrons. The molecule has 23 heavy (non-hydrogen) atoms. The van der Waals surface area contributed by atoms with Gasteiger partial charge in [-0.2, -0.15) is 0 Å². The highest BCUT2D eigenvalue weighted by molar-refractivity contribution is 14.0. The fourth-order valence-electron chi connectivity index (χ4n) is 1.79. The van der Waals surface area contributed by atoms with Gasteiger partial charge in [-0.1, -0.05) is 19.1 Å². The van der Waals surface area contributed by atoms with Crippen molar-refractivity contribution < 1.29 is 4.79 Å². The van der Waals surface area contributed by atoms with Gasteiger partial charge in [-0.25, -0.2) is 4.79 Å². The Morgan fingerprint density at radius 3 is 2.35 bits per heavy atom. The zero-order chi connectivity index (χ0) is 16.4. The van der Waals surface area contributed by atoms with Gasteiger partial charge in [0.15, 0.2) is 5.96 Å². The van der Waals surface area contributed by atoms with Gasteiger partial charge < -0.3 is 21.3 Å². The van der Waals surface area contributed by atoms with E-state index in [4.69, 9.17) is 0 Å². The zero-order valence-electron chi connectivity index (χ0n) is 14.3. The number of rotatable bonds is 6. The number of anilines is 1. The SMILES string of the molecule is CCCNC(=NC)NCc1ccc(NC(=O)NC(C)C)cc1.I. The highest BCUT2D eigenvalue weighted by Crippen LogP contribution is 2.09. The lowest BCUT2D eigenvalue weighted by molar-refractivity contribution is 0.250. The normalized spacial score (nSPS) is 10.7. The maximum atomic E-state index is 11.6. The molecule has 130 valence electrons. The Balaban J connectivity index is 0.00000484. The van der Waals surface area contributed by atoms with Crippen LogP contribution in [0.15, 0.2) is 29.3 Å². The molecule has 1 aromatic carbocycles. The number of benzene rings is 1. The molecule has 6 nitrogen and oxygen atoms in total. The van der Waals surface area contributed by atoms with Gasteiger partial charge >= 0.3 is 6.03 Å². The molecule has 0 aliphatic carbocycles. The average molecular weight is 433 g/mol. The summed E-state index contributed by atoms with van der Waals surface area (Å²) in [6, 6.07) is 7.66. The fraction of sp³-hybridized carbons (Fsp3) is 0.500. The predicted octanol–water partition coefficient (Wildman–Crippen LogP) is 2.91. The first-order valence-corrected chi connectivity index (χ1v) is 7.66. The monoisotopic (exact) mass is 433 g/mol. The number of amides is 2. The third kappa shape index (κ3) is 9.27. The Bertz CT molecular complexity index is 488. The smallest absolute Gasteiger partial charge is 0.319 e. The van der Waals surface area contributed by atoms with E-state index in [-0.39, 0.29) is 36.0 Å². The Kier molecular flexibility index (Phi) is 11.2. The van der Waals surface area contributed by atoms with Crippen molar-refractivity contribution in [2.75, 3.05) is 18.9 Å². The van der Waals surface area contributed by atoms with E-state index < -0.39 is 0 Å². The summed E-state index contributed by atoms with van der Waals surface area (Å²) < 4.78 is 0. The van der Waals surface area contributed by atoms with Crippen molar-refractivity contribution in [1.29, 1.82) is 0 Å². The molecule has 0 heterocycles. The second kappa shape index (κ2) is 12.0. The largest absolute Gasteiger partial charge is 0.356 e. The van der Waals surface area contributed by atoms with Crippen molar-refractivity contribution in [3.05, 3.63) is 29.8 Å². The molecule has 0 aromatic heterocycles.